The van der Waals surface area contributed by atoms with E-state index in [2.05, 4.69) is 0 Å². The molecular weight excluding hydrogens is 331 g/mol. The highest BCUT2D eigenvalue weighted by molar-refractivity contribution is 6.21. The summed E-state index contributed by atoms with van der Waals surface area (Å²) in [5, 5.41) is 0. The summed E-state index contributed by atoms with van der Waals surface area (Å²) in [4.78, 5) is 25.7. The van der Waals surface area contributed by atoms with Crippen LogP contribution in [0, 0.1) is 12.8 Å². The normalized spacial score (nSPS) is 18.1. The average Bonchev–Trinajstić information content (AvgIpc) is 2.83. The Labute approximate surface area is 143 Å². The van der Waals surface area contributed by atoms with Crippen molar-refractivity contribution in [2.75, 3.05) is 4.90 Å². The van der Waals surface area contributed by atoms with E-state index in [4.69, 9.17) is 0 Å². The topological polar surface area (TPSA) is 37.4 Å². The number of hydrogen-bond acceptors (Lipinski definition) is 2. The summed E-state index contributed by atoms with van der Waals surface area (Å²) in [7, 11) is 0. The van der Waals surface area contributed by atoms with Gasteiger partial charge in [-0.3, -0.25) is 14.5 Å². The maximum atomic E-state index is 12.9. The van der Waals surface area contributed by atoms with E-state index in [1.807, 2.05) is 31.2 Å². The second kappa shape index (κ2) is 6.35. The number of rotatable bonds is 3. The van der Waals surface area contributed by atoms with E-state index in [9.17, 15) is 22.8 Å². The first kappa shape index (κ1) is 17.2. The zero-order valence-corrected chi connectivity index (χ0v) is 13.5. The molecule has 1 aliphatic rings. The van der Waals surface area contributed by atoms with Crippen LogP contribution < -0.4 is 4.90 Å². The maximum Gasteiger partial charge on any atom is 0.416 e. The molecule has 0 radical (unpaired) electrons. The Balaban J connectivity index is 1.83. The van der Waals surface area contributed by atoms with Crippen LogP contribution in [0.25, 0.3) is 0 Å². The van der Waals surface area contributed by atoms with Gasteiger partial charge in [0.05, 0.1) is 17.2 Å². The molecule has 0 bridgehead atoms. The minimum Gasteiger partial charge on any atom is -0.274 e. The van der Waals surface area contributed by atoms with Gasteiger partial charge in [-0.25, -0.2) is 0 Å². The van der Waals surface area contributed by atoms with Crippen LogP contribution in [0.4, 0.5) is 18.9 Å². The summed E-state index contributed by atoms with van der Waals surface area (Å²) in [6, 6.07) is 11.9. The van der Waals surface area contributed by atoms with Gasteiger partial charge in [0.2, 0.25) is 11.8 Å². The fraction of sp³-hybridized carbons (Fsp3) is 0.263. The van der Waals surface area contributed by atoms with Crippen molar-refractivity contribution in [2.24, 2.45) is 5.92 Å². The Morgan fingerprint density at radius 2 is 1.76 bits per heavy atom. The van der Waals surface area contributed by atoms with Crippen molar-refractivity contribution in [3.05, 3.63) is 65.2 Å². The van der Waals surface area contributed by atoms with Crippen molar-refractivity contribution in [3.63, 3.8) is 0 Å². The van der Waals surface area contributed by atoms with Crippen LogP contribution in [-0.4, -0.2) is 11.8 Å². The highest BCUT2D eigenvalue weighted by Crippen LogP contribution is 2.34. The van der Waals surface area contributed by atoms with Crippen LogP contribution in [0.3, 0.4) is 0 Å². The summed E-state index contributed by atoms with van der Waals surface area (Å²) >= 11 is 0. The third-order valence-corrected chi connectivity index (χ3v) is 4.27. The van der Waals surface area contributed by atoms with Gasteiger partial charge < -0.3 is 0 Å². The maximum absolute atomic E-state index is 12.9. The zero-order valence-electron chi connectivity index (χ0n) is 13.5. The minimum absolute atomic E-state index is 0.00293. The quantitative estimate of drug-likeness (QED) is 0.783. The summed E-state index contributed by atoms with van der Waals surface area (Å²) < 4.78 is 38.6. The lowest BCUT2D eigenvalue weighted by Crippen LogP contribution is -2.31. The molecule has 6 heteroatoms. The number of nitrogens with zero attached hydrogens (tertiary/aromatic N) is 1. The molecule has 1 fully saturated rings. The first-order valence-electron chi connectivity index (χ1n) is 7.85. The van der Waals surface area contributed by atoms with Crippen molar-refractivity contribution in [2.45, 2.75) is 25.9 Å². The Kier molecular flexibility index (Phi) is 4.37. The van der Waals surface area contributed by atoms with Crippen molar-refractivity contribution in [1.29, 1.82) is 0 Å². The van der Waals surface area contributed by atoms with E-state index in [-0.39, 0.29) is 12.1 Å². The van der Waals surface area contributed by atoms with Gasteiger partial charge in [0, 0.05) is 6.42 Å². The molecule has 1 aliphatic heterocycles. The fourth-order valence-corrected chi connectivity index (χ4v) is 2.96. The lowest BCUT2D eigenvalue weighted by atomic mass is 9.97. The molecule has 0 saturated carbocycles. The number of carbonyl (C=O) groups is 2. The molecule has 0 aliphatic carbocycles. The van der Waals surface area contributed by atoms with E-state index < -0.39 is 29.5 Å². The molecule has 2 amide bonds. The van der Waals surface area contributed by atoms with Gasteiger partial charge in [0.1, 0.15) is 0 Å². The number of amides is 2. The van der Waals surface area contributed by atoms with Crippen LogP contribution in [0.5, 0.6) is 0 Å². The lowest BCUT2D eigenvalue weighted by Gasteiger charge is -2.17. The lowest BCUT2D eigenvalue weighted by molar-refractivity contribution is -0.137. The van der Waals surface area contributed by atoms with Crippen molar-refractivity contribution < 1.29 is 22.8 Å². The molecule has 0 N–H and O–H groups in total. The third-order valence-electron chi connectivity index (χ3n) is 4.27. The predicted octanol–water partition coefficient (Wildman–Crippen LogP) is 4.14. The number of carbonyl (C=O) groups excluding carboxylic acids is 2. The zero-order chi connectivity index (χ0) is 18.2. The Bertz CT molecular complexity index is 812. The first-order valence-corrected chi connectivity index (χ1v) is 7.85. The van der Waals surface area contributed by atoms with Gasteiger partial charge in [0.25, 0.3) is 0 Å². The SMILES string of the molecule is Cc1ccc(C[C@H]2CC(=O)N(c3cccc(C(F)(F)F)c3)C2=O)cc1. The number of halogens is 3. The van der Waals surface area contributed by atoms with E-state index in [0.29, 0.717) is 6.42 Å². The summed E-state index contributed by atoms with van der Waals surface area (Å²) in [5.74, 6) is -1.48. The van der Waals surface area contributed by atoms with Crippen LogP contribution >= 0.6 is 0 Å². The molecule has 0 aromatic heterocycles. The molecule has 1 heterocycles. The summed E-state index contributed by atoms with van der Waals surface area (Å²) in [6.07, 6.45) is -4.13. The Morgan fingerprint density at radius 1 is 1.08 bits per heavy atom. The molecule has 2 aromatic rings. The van der Waals surface area contributed by atoms with Crippen molar-refractivity contribution in [1.82, 2.24) is 0 Å². The summed E-state index contributed by atoms with van der Waals surface area (Å²) in [5.41, 5.74) is 1.09. The van der Waals surface area contributed by atoms with Crippen LogP contribution in [0.15, 0.2) is 48.5 Å². The molecule has 3 nitrogen and oxygen atoms in total. The molecule has 3 rings (SSSR count). The van der Waals surface area contributed by atoms with Crippen LogP contribution in [0.2, 0.25) is 0 Å². The van der Waals surface area contributed by atoms with Crippen LogP contribution in [-0.2, 0) is 22.2 Å². The van der Waals surface area contributed by atoms with Gasteiger partial charge >= 0.3 is 6.18 Å². The molecule has 1 saturated heterocycles. The Hall–Kier alpha value is -2.63. The number of imide groups is 1. The molecule has 2 aromatic carbocycles. The third kappa shape index (κ3) is 3.57. The standard InChI is InChI=1S/C19H16F3NO2/c1-12-5-7-13(8-6-12)9-14-10-17(24)23(18(14)25)16-4-2-3-15(11-16)19(20,21)22/h2-8,11,14H,9-10H2,1H3/t14-/m0/s1. The monoisotopic (exact) mass is 347 g/mol. The highest BCUT2D eigenvalue weighted by atomic mass is 19.4. The number of anilines is 1. The van der Waals surface area contributed by atoms with Gasteiger partial charge in [-0.2, -0.15) is 13.2 Å². The highest BCUT2D eigenvalue weighted by Gasteiger charge is 2.40. The molecule has 0 spiro atoms. The minimum atomic E-state index is -4.52. The van der Waals surface area contributed by atoms with Crippen LogP contribution in [0.1, 0.15) is 23.1 Å². The average molecular weight is 347 g/mol. The van der Waals surface area contributed by atoms with Gasteiger partial charge in [-0.05, 0) is 37.1 Å². The fourth-order valence-electron chi connectivity index (χ4n) is 2.96. The van der Waals surface area contributed by atoms with E-state index in [0.717, 1.165) is 28.2 Å². The van der Waals surface area contributed by atoms with Gasteiger partial charge in [0.15, 0.2) is 0 Å². The van der Waals surface area contributed by atoms with E-state index in [1.165, 1.54) is 12.1 Å². The number of alkyl halides is 3. The molecular formula is C19H16F3NO2. The van der Waals surface area contributed by atoms with Crippen molar-refractivity contribution in [3.8, 4) is 0 Å². The number of hydrogen-bond donors (Lipinski definition) is 0. The molecule has 130 valence electrons. The first-order chi connectivity index (χ1) is 11.8. The molecule has 0 unspecified atom stereocenters. The van der Waals surface area contributed by atoms with Gasteiger partial charge in [-0.1, -0.05) is 35.9 Å². The van der Waals surface area contributed by atoms with Gasteiger partial charge in [-0.15, -0.1) is 0 Å². The Morgan fingerprint density at radius 3 is 2.40 bits per heavy atom. The smallest absolute Gasteiger partial charge is 0.274 e. The number of aryl methyl sites for hydroxylation is 1. The second-order valence-electron chi connectivity index (χ2n) is 6.21. The molecule has 25 heavy (non-hydrogen) atoms. The largest absolute Gasteiger partial charge is 0.416 e. The van der Waals surface area contributed by atoms with E-state index in [1.54, 1.807) is 0 Å². The predicted molar refractivity (Wildman–Crippen MR) is 86.9 cm³/mol. The van der Waals surface area contributed by atoms with E-state index >= 15 is 0 Å². The molecule has 1 atom stereocenters. The number of benzene rings is 2. The second-order valence-corrected chi connectivity index (χ2v) is 6.21. The van der Waals surface area contributed by atoms with Crippen molar-refractivity contribution >= 4 is 17.5 Å². The summed E-state index contributed by atoms with van der Waals surface area (Å²) in [6.45, 7) is 1.95.